The molecule has 3 heteroatoms. The molecule has 2 N–H and O–H groups in total. The highest BCUT2D eigenvalue weighted by atomic mass is 32.1. The van der Waals surface area contributed by atoms with E-state index in [0.29, 0.717) is 11.5 Å². The second-order valence-corrected chi connectivity index (χ2v) is 7.38. The van der Waals surface area contributed by atoms with Crippen molar-refractivity contribution in [2.45, 2.75) is 58.5 Å². The molecule has 1 aliphatic carbocycles. The van der Waals surface area contributed by atoms with Crippen LogP contribution in [0.5, 0.6) is 0 Å². The van der Waals surface area contributed by atoms with E-state index in [4.69, 9.17) is 5.73 Å². The maximum absolute atomic E-state index is 6.14. The van der Waals surface area contributed by atoms with E-state index in [9.17, 15) is 0 Å². The first-order chi connectivity index (χ1) is 9.15. The molecule has 0 amide bonds. The van der Waals surface area contributed by atoms with Crippen molar-refractivity contribution in [3.63, 3.8) is 0 Å². The molecule has 19 heavy (non-hydrogen) atoms. The fourth-order valence-corrected chi connectivity index (χ4v) is 3.91. The van der Waals surface area contributed by atoms with Crippen molar-refractivity contribution in [3.05, 3.63) is 22.4 Å². The van der Waals surface area contributed by atoms with Gasteiger partial charge >= 0.3 is 0 Å². The van der Waals surface area contributed by atoms with Gasteiger partial charge in [-0.15, -0.1) is 11.3 Å². The van der Waals surface area contributed by atoms with Gasteiger partial charge < -0.3 is 5.73 Å². The Kier molecular flexibility index (Phi) is 5.43. The third kappa shape index (κ3) is 4.04. The summed E-state index contributed by atoms with van der Waals surface area (Å²) in [4.78, 5) is 4.08. The van der Waals surface area contributed by atoms with Gasteiger partial charge in [0.1, 0.15) is 0 Å². The van der Waals surface area contributed by atoms with E-state index < -0.39 is 0 Å². The van der Waals surface area contributed by atoms with Crippen LogP contribution in [0.15, 0.2) is 17.5 Å². The molecule has 2 nitrogen and oxygen atoms in total. The molecule has 0 unspecified atom stereocenters. The Bertz CT molecular complexity index is 353. The number of rotatable bonds is 6. The summed E-state index contributed by atoms with van der Waals surface area (Å²) in [6.45, 7) is 7.71. The van der Waals surface area contributed by atoms with Crippen molar-refractivity contribution in [2.24, 2.45) is 11.1 Å². The van der Waals surface area contributed by atoms with E-state index in [1.54, 1.807) is 0 Å². The predicted octanol–water partition coefficient (Wildman–Crippen LogP) is 3.87. The Labute approximate surface area is 122 Å². The zero-order valence-corrected chi connectivity index (χ0v) is 13.2. The van der Waals surface area contributed by atoms with Crippen LogP contribution < -0.4 is 5.73 Å². The second kappa shape index (κ2) is 6.87. The molecule has 1 aromatic heterocycles. The van der Waals surface area contributed by atoms with Gasteiger partial charge in [0.15, 0.2) is 0 Å². The average Bonchev–Trinajstić information content (AvgIpc) is 2.92. The maximum Gasteiger partial charge on any atom is 0.0330 e. The van der Waals surface area contributed by atoms with E-state index in [-0.39, 0.29) is 0 Å². The minimum Gasteiger partial charge on any atom is -0.330 e. The minimum absolute atomic E-state index is 0.375. The summed E-state index contributed by atoms with van der Waals surface area (Å²) in [6.07, 6.45) is 6.76. The summed E-state index contributed by atoms with van der Waals surface area (Å²) < 4.78 is 0. The SMILES string of the molecule is CC(C)N(Cc1cccs1)CC1(CN)CCCCC1. The highest BCUT2D eigenvalue weighted by molar-refractivity contribution is 7.09. The van der Waals surface area contributed by atoms with Gasteiger partial charge in [0.05, 0.1) is 0 Å². The first-order valence-electron chi connectivity index (χ1n) is 7.62. The van der Waals surface area contributed by atoms with Gasteiger partial charge in [-0.05, 0) is 50.1 Å². The molecule has 0 aromatic carbocycles. The van der Waals surface area contributed by atoms with E-state index in [2.05, 4.69) is 36.3 Å². The number of hydrogen-bond donors (Lipinski definition) is 1. The summed E-state index contributed by atoms with van der Waals surface area (Å²) in [5.41, 5.74) is 6.51. The lowest BCUT2D eigenvalue weighted by atomic mass is 9.73. The van der Waals surface area contributed by atoms with Crippen LogP contribution in [0.1, 0.15) is 50.8 Å². The Hall–Kier alpha value is -0.380. The first-order valence-corrected chi connectivity index (χ1v) is 8.50. The number of nitrogens with two attached hydrogens (primary N) is 1. The lowest BCUT2D eigenvalue weighted by molar-refractivity contribution is 0.0863. The topological polar surface area (TPSA) is 29.3 Å². The normalized spacial score (nSPS) is 19.2. The maximum atomic E-state index is 6.14. The van der Waals surface area contributed by atoms with Crippen LogP contribution in [0.4, 0.5) is 0 Å². The van der Waals surface area contributed by atoms with Gasteiger partial charge in [-0.2, -0.15) is 0 Å². The van der Waals surface area contributed by atoms with Crippen LogP contribution in [-0.2, 0) is 6.54 Å². The van der Waals surface area contributed by atoms with E-state index in [0.717, 1.165) is 13.1 Å². The van der Waals surface area contributed by atoms with Crippen LogP contribution in [0.25, 0.3) is 0 Å². The lowest BCUT2D eigenvalue weighted by Gasteiger charge is -2.41. The largest absolute Gasteiger partial charge is 0.330 e. The zero-order chi connectivity index (χ0) is 13.7. The lowest BCUT2D eigenvalue weighted by Crippen LogP contribution is -2.45. The van der Waals surface area contributed by atoms with Crippen LogP contribution in [0, 0.1) is 5.41 Å². The van der Waals surface area contributed by atoms with E-state index in [1.807, 2.05) is 11.3 Å². The van der Waals surface area contributed by atoms with Gasteiger partial charge in [0, 0.05) is 24.0 Å². The highest BCUT2D eigenvalue weighted by Gasteiger charge is 2.33. The summed E-state index contributed by atoms with van der Waals surface area (Å²) in [5, 5.41) is 2.17. The molecule has 0 bridgehead atoms. The molecule has 0 saturated heterocycles. The monoisotopic (exact) mass is 280 g/mol. The molecule has 0 aliphatic heterocycles. The quantitative estimate of drug-likeness (QED) is 0.857. The van der Waals surface area contributed by atoms with Gasteiger partial charge in [-0.3, -0.25) is 4.90 Å². The van der Waals surface area contributed by atoms with Crippen molar-refractivity contribution in [2.75, 3.05) is 13.1 Å². The van der Waals surface area contributed by atoms with E-state index in [1.165, 1.54) is 43.5 Å². The fourth-order valence-electron chi connectivity index (χ4n) is 3.18. The minimum atomic E-state index is 0.375. The molecular weight excluding hydrogens is 252 g/mol. The Balaban J connectivity index is 2.02. The molecule has 0 spiro atoms. The van der Waals surface area contributed by atoms with Crippen LogP contribution in [0.3, 0.4) is 0 Å². The molecular formula is C16H28N2S. The second-order valence-electron chi connectivity index (χ2n) is 6.34. The Morgan fingerprint density at radius 2 is 2.05 bits per heavy atom. The standard InChI is InChI=1S/C16H28N2S/c1-14(2)18(11-15-7-6-10-19-15)13-16(12-17)8-4-3-5-9-16/h6-7,10,14H,3-5,8-9,11-13,17H2,1-2H3. The molecule has 0 atom stereocenters. The van der Waals surface area contributed by atoms with Crippen molar-refractivity contribution >= 4 is 11.3 Å². The molecule has 2 rings (SSSR count). The van der Waals surface area contributed by atoms with Crippen molar-refractivity contribution in [1.82, 2.24) is 4.90 Å². The van der Waals surface area contributed by atoms with Crippen molar-refractivity contribution in [1.29, 1.82) is 0 Å². The predicted molar refractivity (Wildman–Crippen MR) is 84.4 cm³/mol. The Morgan fingerprint density at radius 1 is 1.32 bits per heavy atom. The number of nitrogens with zero attached hydrogens (tertiary/aromatic N) is 1. The number of thiophene rings is 1. The van der Waals surface area contributed by atoms with Gasteiger partial charge in [-0.25, -0.2) is 0 Å². The average molecular weight is 280 g/mol. The summed E-state index contributed by atoms with van der Waals surface area (Å²) in [7, 11) is 0. The molecule has 0 radical (unpaired) electrons. The molecule has 108 valence electrons. The molecule has 1 saturated carbocycles. The third-order valence-corrected chi connectivity index (χ3v) is 5.42. The van der Waals surface area contributed by atoms with Crippen molar-refractivity contribution < 1.29 is 0 Å². The molecule has 1 aliphatic rings. The van der Waals surface area contributed by atoms with Crippen LogP contribution in [0.2, 0.25) is 0 Å². The zero-order valence-electron chi connectivity index (χ0n) is 12.4. The van der Waals surface area contributed by atoms with Crippen LogP contribution in [-0.4, -0.2) is 24.0 Å². The van der Waals surface area contributed by atoms with Crippen molar-refractivity contribution in [3.8, 4) is 0 Å². The molecule has 1 fully saturated rings. The van der Waals surface area contributed by atoms with Gasteiger partial charge in [-0.1, -0.05) is 25.3 Å². The molecule has 1 aromatic rings. The van der Waals surface area contributed by atoms with Gasteiger partial charge in [0.25, 0.3) is 0 Å². The number of hydrogen-bond acceptors (Lipinski definition) is 3. The summed E-state index contributed by atoms with van der Waals surface area (Å²) in [6, 6.07) is 4.99. The highest BCUT2D eigenvalue weighted by Crippen LogP contribution is 2.37. The third-order valence-electron chi connectivity index (χ3n) is 4.56. The smallest absolute Gasteiger partial charge is 0.0330 e. The van der Waals surface area contributed by atoms with E-state index >= 15 is 0 Å². The van der Waals surface area contributed by atoms with Gasteiger partial charge in [0.2, 0.25) is 0 Å². The first kappa shape index (κ1) is 15.0. The summed E-state index contributed by atoms with van der Waals surface area (Å²) >= 11 is 1.86. The summed E-state index contributed by atoms with van der Waals surface area (Å²) in [5.74, 6) is 0. The van der Waals surface area contributed by atoms with Crippen LogP contribution >= 0.6 is 11.3 Å². The Morgan fingerprint density at radius 3 is 2.58 bits per heavy atom. The molecule has 1 heterocycles. The fraction of sp³-hybridized carbons (Fsp3) is 0.750.